The van der Waals surface area contributed by atoms with E-state index in [0.717, 1.165) is 31.7 Å². The van der Waals surface area contributed by atoms with Gasteiger partial charge in [0.25, 0.3) is 5.91 Å². The molecule has 3 heterocycles. The zero-order valence-electron chi connectivity index (χ0n) is 14.1. The normalized spacial score (nSPS) is 16.1. The Bertz CT molecular complexity index is 686. The Hall–Kier alpha value is -2.41. The Morgan fingerprint density at radius 3 is 3.12 bits per heavy atom. The lowest BCUT2D eigenvalue weighted by molar-refractivity contribution is 0.0926. The van der Waals surface area contributed by atoms with Gasteiger partial charge < -0.3 is 15.0 Å². The van der Waals surface area contributed by atoms with Crippen LogP contribution in [-0.4, -0.2) is 51.8 Å². The maximum atomic E-state index is 12.3. The van der Waals surface area contributed by atoms with Crippen LogP contribution in [0.15, 0.2) is 30.6 Å². The molecule has 1 atom stereocenters. The van der Waals surface area contributed by atoms with Gasteiger partial charge in [-0.05, 0) is 38.6 Å². The summed E-state index contributed by atoms with van der Waals surface area (Å²) in [4.78, 5) is 18.6. The fraction of sp³-hybridized carbons (Fsp3) is 0.471. The van der Waals surface area contributed by atoms with Gasteiger partial charge in [-0.15, -0.1) is 0 Å². The summed E-state index contributed by atoms with van der Waals surface area (Å²) in [6.07, 6.45) is 4.24. The number of fused-ring (bicyclic) bond motifs is 1. The first-order chi connectivity index (χ1) is 11.6. The van der Waals surface area contributed by atoms with Crippen molar-refractivity contribution < 1.29 is 9.53 Å². The SMILES string of the molecule is CC(CNC(=O)c1cc2n(n1)CCCN(C)C2)Oc1cccnc1. The van der Waals surface area contributed by atoms with Gasteiger partial charge in [0.05, 0.1) is 18.4 Å². The molecule has 0 fully saturated rings. The van der Waals surface area contributed by atoms with Gasteiger partial charge in [0.15, 0.2) is 0 Å². The van der Waals surface area contributed by atoms with Crippen LogP contribution in [0.25, 0.3) is 0 Å². The van der Waals surface area contributed by atoms with Crippen LogP contribution in [0.5, 0.6) is 5.75 Å². The van der Waals surface area contributed by atoms with Crippen molar-refractivity contribution in [3.8, 4) is 5.75 Å². The van der Waals surface area contributed by atoms with Crippen molar-refractivity contribution in [2.45, 2.75) is 32.5 Å². The molecule has 0 radical (unpaired) electrons. The predicted molar refractivity (Wildman–Crippen MR) is 89.8 cm³/mol. The quantitative estimate of drug-likeness (QED) is 0.895. The highest BCUT2D eigenvalue weighted by Crippen LogP contribution is 2.13. The predicted octanol–water partition coefficient (Wildman–Crippen LogP) is 1.31. The summed E-state index contributed by atoms with van der Waals surface area (Å²) in [5.41, 5.74) is 1.55. The van der Waals surface area contributed by atoms with E-state index in [0.29, 0.717) is 18.0 Å². The van der Waals surface area contributed by atoms with Gasteiger partial charge in [-0.2, -0.15) is 5.10 Å². The average Bonchev–Trinajstić information content (AvgIpc) is 2.88. The molecule has 3 rings (SSSR count). The first-order valence-corrected chi connectivity index (χ1v) is 8.22. The monoisotopic (exact) mass is 329 g/mol. The summed E-state index contributed by atoms with van der Waals surface area (Å²) in [7, 11) is 2.08. The van der Waals surface area contributed by atoms with E-state index in [1.54, 1.807) is 12.4 Å². The van der Waals surface area contributed by atoms with Crippen molar-refractivity contribution in [1.29, 1.82) is 0 Å². The van der Waals surface area contributed by atoms with E-state index in [9.17, 15) is 4.79 Å². The highest BCUT2D eigenvalue weighted by Gasteiger charge is 2.18. The van der Waals surface area contributed by atoms with Crippen molar-refractivity contribution in [3.05, 3.63) is 42.0 Å². The van der Waals surface area contributed by atoms with Crippen LogP contribution in [0.4, 0.5) is 0 Å². The number of pyridine rings is 1. The van der Waals surface area contributed by atoms with Crippen molar-refractivity contribution in [1.82, 2.24) is 25.0 Å². The molecule has 2 aromatic rings. The fourth-order valence-electron chi connectivity index (χ4n) is 2.75. The molecule has 0 aromatic carbocycles. The van der Waals surface area contributed by atoms with Gasteiger partial charge in [0.1, 0.15) is 17.5 Å². The van der Waals surface area contributed by atoms with Gasteiger partial charge in [0, 0.05) is 25.8 Å². The zero-order chi connectivity index (χ0) is 16.9. The number of ether oxygens (including phenoxy) is 1. The minimum Gasteiger partial charge on any atom is -0.487 e. The topological polar surface area (TPSA) is 72.3 Å². The zero-order valence-corrected chi connectivity index (χ0v) is 14.1. The molecule has 1 unspecified atom stereocenters. The fourth-order valence-corrected chi connectivity index (χ4v) is 2.75. The Kier molecular flexibility index (Phi) is 5.10. The van der Waals surface area contributed by atoms with E-state index in [-0.39, 0.29) is 12.0 Å². The van der Waals surface area contributed by atoms with Crippen LogP contribution in [0.3, 0.4) is 0 Å². The molecule has 1 N–H and O–H groups in total. The number of nitrogens with zero attached hydrogens (tertiary/aromatic N) is 4. The summed E-state index contributed by atoms with van der Waals surface area (Å²) < 4.78 is 7.64. The Morgan fingerprint density at radius 1 is 1.46 bits per heavy atom. The van der Waals surface area contributed by atoms with Crippen molar-refractivity contribution in [3.63, 3.8) is 0 Å². The van der Waals surface area contributed by atoms with Crippen molar-refractivity contribution in [2.75, 3.05) is 20.1 Å². The van der Waals surface area contributed by atoms with E-state index < -0.39 is 0 Å². The Labute approximate surface area is 141 Å². The molecule has 2 aromatic heterocycles. The molecule has 1 aliphatic rings. The number of aromatic nitrogens is 3. The van der Waals surface area contributed by atoms with Crippen LogP contribution in [0.1, 0.15) is 29.5 Å². The second-order valence-corrected chi connectivity index (χ2v) is 6.16. The van der Waals surface area contributed by atoms with E-state index in [1.165, 1.54) is 0 Å². The third kappa shape index (κ3) is 4.11. The molecule has 0 saturated heterocycles. The van der Waals surface area contributed by atoms with Gasteiger partial charge in [-0.25, -0.2) is 0 Å². The van der Waals surface area contributed by atoms with E-state index in [1.807, 2.05) is 29.8 Å². The number of amides is 1. The lowest BCUT2D eigenvalue weighted by atomic mass is 10.3. The molecule has 0 spiro atoms. The highest BCUT2D eigenvalue weighted by atomic mass is 16.5. The number of hydrogen-bond donors (Lipinski definition) is 1. The summed E-state index contributed by atoms with van der Waals surface area (Å²) >= 11 is 0. The summed E-state index contributed by atoms with van der Waals surface area (Å²) in [5.74, 6) is 0.524. The highest BCUT2D eigenvalue weighted by molar-refractivity contribution is 5.92. The van der Waals surface area contributed by atoms with Crippen molar-refractivity contribution >= 4 is 5.91 Å². The van der Waals surface area contributed by atoms with E-state index >= 15 is 0 Å². The lowest BCUT2D eigenvalue weighted by Gasteiger charge is -2.14. The molecule has 7 heteroatoms. The first-order valence-electron chi connectivity index (χ1n) is 8.22. The van der Waals surface area contributed by atoms with Gasteiger partial charge in [-0.3, -0.25) is 14.5 Å². The summed E-state index contributed by atoms with van der Waals surface area (Å²) in [5, 5.41) is 7.32. The molecular weight excluding hydrogens is 306 g/mol. The van der Waals surface area contributed by atoms with E-state index in [4.69, 9.17) is 4.74 Å². The number of carbonyl (C=O) groups excluding carboxylic acids is 1. The van der Waals surface area contributed by atoms with Crippen LogP contribution in [0, 0.1) is 0 Å². The number of nitrogens with one attached hydrogen (secondary N) is 1. The lowest BCUT2D eigenvalue weighted by Crippen LogP contribution is -2.33. The molecule has 1 amide bonds. The molecule has 0 aliphatic carbocycles. The number of carbonyl (C=O) groups is 1. The number of aryl methyl sites for hydroxylation is 1. The largest absolute Gasteiger partial charge is 0.487 e. The summed E-state index contributed by atoms with van der Waals surface area (Å²) in [6, 6.07) is 5.54. The second-order valence-electron chi connectivity index (χ2n) is 6.16. The average molecular weight is 329 g/mol. The minimum absolute atomic E-state index is 0.148. The van der Waals surface area contributed by atoms with Gasteiger partial charge in [0.2, 0.25) is 0 Å². The standard InChI is InChI=1S/C17H23N5O2/c1-13(24-15-5-3-6-18-11-15)10-19-17(23)16-9-14-12-21(2)7-4-8-22(14)20-16/h3,5-6,9,11,13H,4,7-8,10,12H2,1-2H3,(H,19,23). The second kappa shape index (κ2) is 7.44. The maximum Gasteiger partial charge on any atom is 0.271 e. The summed E-state index contributed by atoms with van der Waals surface area (Å²) in [6.45, 7) is 5.04. The molecule has 128 valence electrons. The maximum absolute atomic E-state index is 12.3. The first kappa shape index (κ1) is 16.4. The van der Waals surface area contributed by atoms with Crippen LogP contribution in [0.2, 0.25) is 0 Å². The van der Waals surface area contributed by atoms with E-state index in [2.05, 4.69) is 27.3 Å². The number of hydrogen-bond acceptors (Lipinski definition) is 5. The Balaban J connectivity index is 1.54. The number of rotatable bonds is 5. The third-order valence-electron chi connectivity index (χ3n) is 3.96. The smallest absolute Gasteiger partial charge is 0.271 e. The molecule has 1 aliphatic heterocycles. The molecule has 7 nitrogen and oxygen atoms in total. The molecular formula is C17H23N5O2. The molecule has 0 saturated carbocycles. The molecule has 0 bridgehead atoms. The molecule has 24 heavy (non-hydrogen) atoms. The van der Waals surface area contributed by atoms with Crippen LogP contribution >= 0.6 is 0 Å². The minimum atomic E-state index is -0.167. The van der Waals surface area contributed by atoms with Crippen molar-refractivity contribution in [2.24, 2.45) is 0 Å². The van der Waals surface area contributed by atoms with Crippen LogP contribution < -0.4 is 10.1 Å². The third-order valence-corrected chi connectivity index (χ3v) is 3.96. The van der Waals surface area contributed by atoms with Gasteiger partial charge in [-0.1, -0.05) is 0 Å². The Morgan fingerprint density at radius 2 is 2.33 bits per heavy atom. The van der Waals surface area contributed by atoms with Gasteiger partial charge >= 0.3 is 0 Å². The van der Waals surface area contributed by atoms with Crippen LogP contribution in [-0.2, 0) is 13.1 Å².